The lowest BCUT2D eigenvalue weighted by Gasteiger charge is -2.27. The Morgan fingerprint density at radius 2 is 1.85 bits per heavy atom. The maximum absolute atomic E-state index is 13.2. The number of benzene rings is 2. The Balaban J connectivity index is 1.69. The SMILES string of the molecule is COCCN1C(=O)C(O)=C(C(=O)c2ccco2)C1c1ccc(OCc2ccccc2)c(OC)c1. The molecule has 0 saturated heterocycles. The molecule has 2 aromatic carbocycles. The lowest BCUT2D eigenvalue weighted by atomic mass is 9.94. The molecule has 0 bridgehead atoms. The van der Waals surface area contributed by atoms with Crippen molar-refractivity contribution in [2.75, 3.05) is 27.4 Å². The smallest absolute Gasteiger partial charge is 0.290 e. The second-order valence-electron chi connectivity index (χ2n) is 7.65. The molecule has 0 aliphatic carbocycles. The maximum atomic E-state index is 13.2. The topological polar surface area (TPSA) is 98.4 Å². The van der Waals surface area contributed by atoms with Crippen molar-refractivity contribution in [3.8, 4) is 11.5 Å². The number of ketones is 1. The van der Waals surface area contributed by atoms with Crippen LogP contribution in [0.4, 0.5) is 0 Å². The Labute approximate surface area is 197 Å². The highest BCUT2D eigenvalue weighted by atomic mass is 16.5. The first kappa shape index (κ1) is 23.1. The molecular weight excluding hydrogens is 438 g/mol. The van der Waals surface area contributed by atoms with Gasteiger partial charge in [0.15, 0.2) is 23.0 Å². The fraction of sp³-hybridized carbons (Fsp3) is 0.231. The number of aliphatic hydroxyl groups is 1. The van der Waals surface area contributed by atoms with Gasteiger partial charge >= 0.3 is 0 Å². The first-order valence-corrected chi connectivity index (χ1v) is 10.7. The van der Waals surface area contributed by atoms with Gasteiger partial charge in [0.25, 0.3) is 5.91 Å². The molecule has 1 N–H and O–H groups in total. The fourth-order valence-corrected chi connectivity index (χ4v) is 3.90. The molecule has 3 aromatic rings. The van der Waals surface area contributed by atoms with E-state index in [1.165, 1.54) is 31.4 Å². The van der Waals surface area contributed by atoms with E-state index in [1.807, 2.05) is 30.3 Å². The van der Waals surface area contributed by atoms with Crippen LogP contribution in [0.1, 0.15) is 27.7 Å². The summed E-state index contributed by atoms with van der Waals surface area (Å²) >= 11 is 0. The quantitative estimate of drug-likeness (QED) is 0.452. The van der Waals surface area contributed by atoms with Crippen molar-refractivity contribution in [3.05, 3.63) is 95.1 Å². The van der Waals surface area contributed by atoms with Gasteiger partial charge in [-0.3, -0.25) is 9.59 Å². The van der Waals surface area contributed by atoms with Gasteiger partial charge < -0.3 is 28.6 Å². The van der Waals surface area contributed by atoms with Gasteiger partial charge in [-0.05, 0) is 35.4 Å². The summed E-state index contributed by atoms with van der Waals surface area (Å²) in [4.78, 5) is 27.5. The Kier molecular flexibility index (Phi) is 6.98. The third-order valence-corrected chi connectivity index (χ3v) is 5.57. The van der Waals surface area contributed by atoms with Crippen molar-refractivity contribution in [1.29, 1.82) is 0 Å². The molecule has 1 unspecified atom stereocenters. The molecule has 2 heterocycles. The number of hydrogen-bond acceptors (Lipinski definition) is 7. The highest BCUT2D eigenvalue weighted by Crippen LogP contribution is 2.41. The number of carbonyl (C=O) groups is 2. The summed E-state index contributed by atoms with van der Waals surface area (Å²) in [6, 6.07) is 17.1. The Morgan fingerprint density at radius 3 is 2.53 bits per heavy atom. The maximum Gasteiger partial charge on any atom is 0.290 e. The third kappa shape index (κ3) is 4.53. The molecule has 4 rings (SSSR count). The Morgan fingerprint density at radius 1 is 1.06 bits per heavy atom. The van der Waals surface area contributed by atoms with Gasteiger partial charge in [0, 0.05) is 13.7 Å². The zero-order valence-corrected chi connectivity index (χ0v) is 18.9. The van der Waals surface area contributed by atoms with Crippen LogP contribution in [-0.4, -0.2) is 49.1 Å². The molecule has 176 valence electrons. The van der Waals surface area contributed by atoms with Crippen LogP contribution in [0.15, 0.2) is 82.7 Å². The summed E-state index contributed by atoms with van der Waals surface area (Å²) < 4.78 is 21.8. The fourth-order valence-electron chi connectivity index (χ4n) is 3.90. The average Bonchev–Trinajstić information content (AvgIpc) is 3.49. The summed E-state index contributed by atoms with van der Waals surface area (Å²) in [6.45, 7) is 0.752. The van der Waals surface area contributed by atoms with Gasteiger partial charge in [-0.15, -0.1) is 0 Å². The molecule has 1 atom stereocenters. The molecule has 34 heavy (non-hydrogen) atoms. The lowest BCUT2D eigenvalue weighted by molar-refractivity contribution is -0.130. The molecule has 0 spiro atoms. The van der Waals surface area contributed by atoms with Crippen LogP contribution in [0.3, 0.4) is 0 Å². The van der Waals surface area contributed by atoms with E-state index in [2.05, 4.69) is 0 Å². The second kappa shape index (κ2) is 10.3. The highest BCUT2D eigenvalue weighted by Gasteiger charge is 2.44. The number of Topliss-reactive ketones (excluding diaryl/α,β-unsaturated/α-hetero) is 1. The molecule has 1 aliphatic heterocycles. The largest absolute Gasteiger partial charge is 0.503 e. The standard InChI is InChI=1S/C26H25NO7/c1-31-14-12-27-23(22(25(29)26(27)30)24(28)20-9-6-13-33-20)18-10-11-19(21(15-18)32-2)34-16-17-7-4-3-5-8-17/h3-11,13,15,23,29H,12,14,16H2,1-2H3. The van der Waals surface area contributed by atoms with Crippen LogP contribution < -0.4 is 9.47 Å². The molecule has 8 nitrogen and oxygen atoms in total. The summed E-state index contributed by atoms with van der Waals surface area (Å²) in [5.74, 6) is -0.850. The lowest BCUT2D eigenvalue weighted by Crippen LogP contribution is -2.34. The van der Waals surface area contributed by atoms with Gasteiger partial charge in [-0.25, -0.2) is 0 Å². The number of ether oxygens (including phenoxy) is 3. The number of nitrogens with zero attached hydrogens (tertiary/aromatic N) is 1. The molecular formula is C26H25NO7. The molecule has 0 saturated carbocycles. The minimum Gasteiger partial charge on any atom is -0.503 e. The van der Waals surface area contributed by atoms with E-state index in [0.29, 0.717) is 23.7 Å². The number of amides is 1. The molecule has 1 amide bonds. The van der Waals surface area contributed by atoms with Crippen LogP contribution in [0.2, 0.25) is 0 Å². The number of rotatable bonds is 10. The number of hydrogen-bond donors (Lipinski definition) is 1. The van der Waals surface area contributed by atoms with E-state index in [1.54, 1.807) is 24.3 Å². The summed E-state index contributed by atoms with van der Waals surface area (Å²) in [6.07, 6.45) is 1.36. The Bertz CT molecular complexity index is 1190. The summed E-state index contributed by atoms with van der Waals surface area (Å²) in [5, 5.41) is 10.6. The van der Waals surface area contributed by atoms with Crippen LogP contribution in [-0.2, 0) is 16.1 Å². The van der Waals surface area contributed by atoms with Crippen LogP contribution >= 0.6 is 0 Å². The zero-order valence-electron chi connectivity index (χ0n) is 18.9. The highest BCUT2D eigenvalue weighted by molar-refractivity contribution is 6.15. The van der Waals surface area contributed by atoms with Crippen molar-refractivity contribution in [2.24, 2.45) is 0 Å². The van der Waals surface area contributed by atoms with Crippen molar-refractivity contribution in [2.45, 2.75) is 12.6 Å². The second-order valence-corrected chi connectivity index (χ2v) is 7.65. The van der Waals surface area contributed by atoms with E-state index < -0.39 is 23.5 Å². The van der Waals surface area contributed by atoms with Crippen LogP contribution in [0.25, 0.3) is 0 Å². The number of aliphatic hydroxyl groups excluding tert-OH is 1. The van der Waals surface area contributed by atoms with Crippen molar-refractivity contribution in [1.82, 2.24) is 4.90 Å². The van der Waals surface area contributed by atoms with Gasteiger partial charge in [0.2, 0.25) is 5.78 Å². The Hall–Kier alpha value is -4.04. The average molecular weight is 463 g/mol. The van der Waals surface area contributed by atoms with Gasteiger partial charge in [-0.2, -0.15) is 0 Å². The van der Waals surface area contributed by atoms with Crippen LogP contribution in [0.5, 0.6) is 11.5 Å². The molecule has 1 aromatic heterocycles. The normalized spacial score (nSPS) is 15.6. The first-order valence-electron chi connectivity index (χ1n) is 10.7. The van der Waals surface area contributed by atoms with Gasteiger partial charge in [0.05, 0.1) is 31.6 Å². The van der Waals surface area contributed by atoms with E-state index in [4.69, 9.17) is 18.6 Å². The minimum absolute atomic E-state index is 0.0303. The third-order valence-electron chi connectivity index (χ3n) is 5.57. The van der Waals surface area contributed by atoms with Crippen molar-refractivity contribution < 1.29 is 33.3 Å². The molecule has 8 heteroatoms. The zero-order chi connectivity index (χ0) is 24.1. The minimum atomic E-state index is -0.850. The van der Waals surface area contributed by atoms with Crippen LogP contribution in [0, 0.1) is 0 Å². The van der Waals surface area contributed by atoms with E-state index in [9.17, 15) is 14.7 Å². The molecule has 0 fully saturated rings. The van der Waals surface area contributed by atoms with E-state index in [0.717, 1.165) is 5.56 Å². The molecule has 1 aliphatic rings. The van der Waals surface area contributed by atoms with E-state index >= 15 is 0 Å². The van der Waals surface area contributed by atoms with Crippen molar-refractivity contribution >= 4 is 11.7 Å². The predicted octanol–water partition coefficient (Wildman–Crippen LogP) is 4.09. The predicted molar refractivity (Wildman–Crippen MR) is 123 cm³/mol. The first-order chi connectivity index (χ1) is 16.5. The number of methoxy groups -OCH3 is 2. The number of furan rings is 1. The van der Waals surface area contributed by atoms with Gasteiger partial charge in [-0.1, -0.05) is 36.4 Å². The van der Waals surface area contributed by atoms with E-state index in [-0.39, 0.29) is 24.5 Å². The summed E-state index contributed by atoms with van der Waals surface area (Å²) in [5.41, 5.74) is 1.52. The summed E-state index contributed by atoms with van der Waals surface area (Å²) in [7, 11) is 3.03. The van der Waals surface area contributed by atoms with Crippen molar-refractivity contribution in [3.63, 3.8) is 0 Å². The van der Waals surface area contributed by atoms with Gasteiger partial charge in [0.1, 0.15) is 6.61 Å². The number of carbonyl (C=O) groups excluding carboxylic acids is 2. The monoisotopic (exact) mass is 463 g/mol. The molecule has 0 radical (unpaired) electrons.